The fourth-order valence-electron chi connectivity index (χ4n) is 2.39. The molecule has 11 heteroatoms. The van der Waals surface area contributed by atoms with E-state index in [9.17, 15) is 26.4 Å². The quantitative estimate of drug-likeness (QED) is 0.543. The van der Waals surface area contributed by atoms with E-state index < -0.39 is 34.2 Å². The summed E-state index contributed by atoms with van der Waals surface area (Å²) < 4.78 is 63.2. The van der Waals surface area contributed by atoms with Gasteiger partial charge in [-0.25, -0.2) is 13.8 Å². The number of carbonyl (C=O) groups excluding carboxylic acids is 1. The number of amides is 1. The summed E-state index contributed by atoms with van der Waals surface area (Å²) in [6, 6.07) is 9.00. The number of nitrogens with zero attached hydrogens (tertiary/aromatic N) is 2. The Morgan fingerprint density at radius 2 is 1.90 bits per heavy atom. The molecule has 0 atom stereocenters. The average molecular weight is 448 g/mol. The minimum Gasteiger partial charge on any atom is -0.271 e. The van der Waals surface area contributed by atoms with E-state index in [-0.39, 0.29) is 11.3 Å². The van der Waals surface area contributed by atoms with Crippen LogP contribution in [-0.4, -0.2) is 33.3 Å². The van der Waals surface area contributed by atoms with Crippen molar-refractivity contribution in [2.45, 2.75) is 13.1 Å². The highest BCUT2D eigenvalue weighted by Gasteiger charge is 2.30. The van der Waals surface area contributed by atoms with E-state index in [2.05, 4.69) is 10.5 Å². The predicted molar refractivity (Wildman–Crippen MR) is 106 cm³/mol. The standard InChI is InChI=1S/C18H17ClF3N3O3S/c1-12-15(19)7-4-8-16(12)25(29(2,27)28)11-17(26)24-23-10-13-5-3-6-14(9-13)18(20,21)22/h3-10H,11H2,1-2H3,(H,24,26)/b23-10-. The lowest BCUT2D eigenvalue weighted by Gasteiger charge is -2.23. The Morgan fingerprint density at radius 1 is 1.24 bits per heavy atom. The first-order valence-electron chi connectivity index (χ1n) is 8.11. The molecular formula is C18H17ClF3N3O3S. The van der Waals surface area contributed by atoms with Gasteiger partial charge in [-0.1, -0.05) is 29.8 Å². The van der Waals surface area contributed by atoms with Crippen LogP contribution >= 0.6 is 11.6 Å². The minimum atomic E-state index is -4.50. The average Bonchev–Trinajstić information content (AvgIpc) is 2.61. The normalized spacial score (nSPS) is 12.2. The molecule has 0 spiro atoms. The number of hydrogen-bond acceptors (Lipinski definition) is 4. The van der Waals surface area contributed by atoms with Crippen LogP contribution in [0.4, 0.5) is 18.9 Å². The zero-order valence-corrected chi connectivity index (χ0v) is 16.9. The first-order valence-corrected chi connectivity index (χ1v) is 10.3. The van der Waals surface area contributed by atoms with Gasteiger partial charge in [-0.3, -0.25) is 9.10 Å². The summed E-state index contributed by atoms with van der Waals surface area (Å²) in [5, 5.41) is 3.93. The zero-order chi connectivity index (χ0) is 21.8. The summed E-state index contributed by atoms with van der Waals surface area (Å²) in [5.74, 6) is -0.780. The molecule has 0 radical (unpaired) electrons. The highest BCUT2D eigenvalue weighted by atomic mass is 35.5. The molecule has 6 nitrogen and oxygen atoms in total. The van der Waals surface area contributed by atoms with Crippen LogP contribution in [0.5, 0.6) is 0 Å². The molecule has 29 heavy (non-hydrogen) atoms. The van der Waals surface area contributed by atoms with Crippen LogP contribution in [0.25, 0.3) is 0 Å². The fraction of sp³-hybridized carbons (Fsp3) is 0.222. The molecular weight excluding hydrogens is 431 g/mol. The van der Waals surface area contributed by atoms with E-state index in [1.165, 1.54) is 18.2 Å². The van der Waals surface area contributed by atoms with Gasteiger partial charge in [-0.15, -0.1) is 0 Å². The van der Waals surface area contributed by atoms with E-state index in [0.29, 0.717) is 10.6 Å². The molecule has 1 N–H and O–H groups in total. The third kappa shape index (κ3) is 6.20. The van der Waals surface area contributed by atoms with Gasteiger partial charge in [0.25, 0.3) is 5.91 Å². The number of hydrazone groups is 1. The summed E-state index contributed by atoms with van der Waals surface area (Å²) in [5.41, 5.74) is 2.07. The summed E-state index contributed by atoms with van der Waals surface area (Å²) in [4.78, 5) is 12.1. The van der Waals surface area contributed by atoms with E-state index in [1.54, 1.807) is 19.1 Å². The van der Waals surface area contributed by atoms with Gasteiger partial charge in [-0.05, 0) is 42.3 Å². The SMILES string of the molecule is Cc1c(Cl)cccc1N(CC(=O)N/N=C\c1cccc(C(F)(F)F)c1)S(C)(=O)=O. The van der Waals surface area contributed by atoms with Crippen LogP contribution in [-0.2, 0) is 21.0 Å². The van der Waals surface area contributed by atoms with Gasteiger partial charge in [0.05, 0.1) is 23.7 Å². The molecule has 0 bridgehead atoms. The number of sulfonamides is 1. The monoisotopic (exact) mass is 447 g/mol. The van der Waals surface area contributed by atoms with Gasteiger partial charge in [0.15, 0.2) is 0 Å². The van der Waals surface area contributed by atoms with Crippen molar-refractivity contribution < 1.29 is 26.4 Å². The van der Waals surface area contributed by atoms with Crippen LogP contribution in [0.3, 0.4) is 0 Å². The Labute approximate surface area is 171 Å². The Kier molecular flexibility index (Phi) is 6.91. The lowest BCUT2D eigenvalue weighted by atomic mass is 10.1. The Morgan fingerprint density at radius 3 is 2.52 bits per heavy atom. The van der Waals surface area contributed by atoms with Crippen molar-refractivity contribution in [3.05, 3.63) is 64.2 Å². The predicted octanol–water partition coefficient (Wildman–Crippen LogP) is 3.58. The summed E-state index contributed by atoms with van der Waals surface area (Å²) in [6.07, 6.45) is -2.53. The van der Waals surface area contributed by atoms with Gasteiger partial charge < -0.3 is 0 Å². The maximum atomic E-state index is 12.7. The summed E-state index contributed by atoms with van der Waals surface area (Å²) in [6.45, 7) is 1.03. The number of alkyl halides is 3. The van der Waals surface area contributed by atoms with Gasteiger partial charge in [0.2, 0.25) is 10.0 Å². The third-order valence-electron chi connectivity index (χ3n) is 3.81. The Bertz CT molecular complexity index is 1040. The van der Waals surface area contributed by atoms with Crippen molar-refractivity contribution >= 4 is 39.4 Å². The molecule has 2 aromatic rings. The van der Waals surface area contributed by atoms with Crippen LogP contribution < -0.4 is 9.73 Å². The Hall–Kier alpha value is -2.59. The lowest BCUT2D eigenvalue weighted by molar-refractivity contribution is -0.137. The number of rotatable bonds is 6. The highest BCUT2D eigenvalue weighted by Crippen LogP contribution is 2.29. The smallest absolute Gasteiger partial charge is 0.271 e. The zero-order valence-electron chi connectivity index (χ0n) is 15.4. The van der Waals surface area contributed by atoms with Gasteiger partial charge in [-0.2, -0.15) is 18.3 Å². The van der Waals surface area contributed by atoms with Crippen molar-refractivity contribution in [3.8, 4) is 0 Å². The number of halogens is 4. The number of anilines is 1. The third-order valence-corrected chi connectivity index (χ3v) is 5.35. The van der Waals surface area contributed by atoms with E-state index >= 15 is 0 Å². The molecule has 0 aliphatic carbocycles. The fourth-order valence-corrected chi connectivity index (χ4v) is 3.46. The molecule has 2 rings (SSSR count). The van der Waals surface area contributed by atoms with Gasteiger partial charge >= 0.3 is 6.18 Å². The Balaban J connectivity index is 2.14. The van der Waals surface area contributed by atoms with E-state index in [0.717, 1.165) is 28.9 Å². The number of carbonyl (C=O) groups is 1. The van der Waals surface area contributed by atoms with Crippen molar-refractivity contribution in [2.24, 2.45) is 5.10 Å². The highest BCUT2D eigenvalue weighted by molar-refractivity contribution is 7.92. The van der Waals surface area contributed by atoms with Gasteiger partial charge in [0.1, 0.15) is 6.54 Å². The van der Waals surface area contributed by atoms with E-state index in [4.69, 9.17) is 11.6 Å². The molecule has 0 fully saturated rings. The van der Waals surface area contributed by atoms with Crippen LogP contribution in [0, 0.1) is 6.92 Å². The summed E-state index contributed by atoms with van der Waals surface area (Å²) in [7, 11) is -3.81. The second-order valence-corrected chi connectivity index (χ2v) is 8.38. The van der Waals surface area contributed by atoms with Crippen molar-refractivity contribution in [1.29, 1.82) is 0 Å². The molecule has 156 valence electrons. The lowest BCUT2D eigenvalue weighted by Crippen LogP contribution is -2.39. The van der Waals surface area contributed by atoms with Gasteiger partial charge in [0, 0.05) is 5.02 Å². The maximum Gasteiger partial charge on any atom is 0.416 e. The first-order chi connectivity index (χ1) is 13.4. The summed E-state index contributed by atoms with van der Waals surface area (Å²) >= 11 is 6.02. The van der Waals surface area contributed by atoms with Crippen LogP contribution in [0.15, 0.2) is 47.6 Å². The second-order valence-electron chi connectivity index (χ2n) is 6.07. The number of benzene rings is 2. The van der Waals surface area contributed by atoms with Crippen molar-refractivity contribution in [1.82, 2.24) is 5.43 Å². The molecule has 0 aromatic heterocycles. The molecule has 0 heterocycles. The molecule has 1 amide bonds. The van der Waals surface area contributed by atoms with Crippen molar-refractivity contribution in [2.75, 3.05) is 17.1 Å². The molecule has 0 aliphatic heterocycles. The molecule has 0 aliphatic rings. The first kappa shape index (κ1) is 22.7. The molecule has 0 saturated heterocycles. The minimum absolute atomic E-state index is 0.116. The maximum absolute atomic E-state index is 12.7. The number of hydrogen-bond donors (Lipinski definition) is 1. The van der Waals surface area contributed by atoms with E-state index in [1.807, 2.05) is 0 Å². The van der Waals surface area contributed by atoms with Crippen molar-refractivity contribution in [3.63, 3.8) is 0 Å². The second kappa shape index (κ2) is 8.83. The number of nitrogens with one attached hydrogen (secondary N) is 1. The topological polar surface area (TPSA) is 78.8 Å². The van der Waals surface area contributed by atoms with Crippen LogP contribution in [0.1, 0.15) is 16.7 Å². The van der Waals surface area contributed by atoms with Crippen LogP contribution in [0.2, 0.25) is 5.02 Å². The molecule has 0 saturated carbocycles. The largest absolute Gasteiger partial charge is 0.416 e. The molecule has 0 unspecified atom stereocenters. The molecule has 2 aromatic carbocycles.